The van der Waals surface area contributed by atoms with Gasteiger partial charge >= 0.3 is 0 Å². The highest BCUT2D eigenvalue weighted by atomic mass is 16.2. The molecular weight excluding hydrogens is 272 g/mol. The highest BCUT2D eigenvalue weighted by Gasteiger charge is 2.15. The molecule has 1 atom stereocenters. The summed E-state index contributed by atoms with van der Waals surface area (Å²) < 4.78 is 0. The van der Waals surface area contributed by atoms with E-state index in [4.69, 9.17) is 0 Å². The summed E-state index contributed by atoms with van der Waals surface area (Å²) in [4.78, 5) is 12.4. The number of amides is 1. The molecule has 0 fully saturated rings. The first kappa shape index (κ1) is 16.1. The van der Waals surface area contributed by atoms with Gasteiger partial charge in [0, 0.05) is 11.4 Å². The van der Waals surface area contributed by atoms with Crippen LogP contribution in [0.25, 0.3) is 0 Å². The van der Waals surface area contributed by atoms with Gasteiger partial charge < -0.3 is 10.6 Å². The molecule has 0 aromatic heterocycles. The summed E-state index contributed by atoms with van der Waals surface area (Å²) >= 11 is 0. The first-order valence-electron chi connectivity index (χ1n) is 7.70. The summed E-state index contributed by atoms with van der Waals surface area (Å²) in [5, 5.41) is 6.26. The van der Waals surface area contributed by atoms with Crippen LogP contribution in [-0.4, -0.2) is 11.9 Å². The maximum Gasteiger partial charge on any atom is 0.246 e. The second-order valence-electron chi connectivity index (χ2n) is 5.97. The minimum absolute atomic E-state index is 0.0328. The van der Waals surface area contributed by atoms with Gasteiger partial charge in [-0.1, -0.05) is 44.2 Å². The van der Waals surface area contributed by atoms with E-state index < -0.39 is 0 Å². The molecule has 0 unspecified atom stereocenters. The number of para-hydroxylation sites is 1. The van der Waals surface area contributed by atoms with Crippen molar-refractivity contribution in [2.24, 2.45) is 0 Å². The molecule has 0 spiro atoms. The molecule has 1 amide bonds. The third kappa shape index (κ3) is 4.10. The maximum atomic E-state index is 12.4. The first-order valence-corrected chi connectivity index (χ1v) is 7.70. The van der Waals surface area contributed by atoms with E-state index in [1.54, 1.807) is 0 Å². The predicted octanol–water partition coefficient (Wildman–Crippen LogP) is 4.56. The van der Waals surface area contributed by atoms with E-state index in [1.807, 2.05) is 56.3 Å². The molecule has 0 heterocycles. The van der Waals surface area contributed by atoms with Crippen LogP contribution in [0.2, 0.25) is 0 Å². The van der Waals surface area contributed by atoms with Gasteiger partial charge in [-0.15, -0.1) is 0 Å². The van der Waals surface area contributed by atoms with Crippen LogP contribution >= 0.6 is 0 Å². The average Bonchev–Trinajstić information content (AvgIpc) is 2.47. The SMILES string of the molecule is Cc1cccc(N[C@H](C)C(=O)Nc2ccccc2C(C)C)c1. The lowest BCUT2D eigenvalue weighted by atomic mass is 10.0. The normalized spacial score (nSPS) is 12.0. The molecule has 22 heavy (non-hydrogen) atoms. The van der Waals surface area contributed by atoms with E-state index in [2.05, 4.69) is 30.5 Å². The third-order valence-corrected chi connectivity index (χ3v) is 3.64. The number of anilines is 2. The Hall–Kier alpha value is -2.29. The fraction of sp³-hybridized carbons (Fsp3) is 0.316. The Bertz CT molecular complexity index is 649. The van der Waals surface area contributed by atoms with Gasteiger partial charge in [-0.2, -0.15) is 0 Å². The fourth-order valence-electron chi connectivity index (χ4n) is 2.41. The lowest BCUT2D eigenvalue weighted by molar-refractivity contribution is -0.116. The smallest absolute Gasteiger partial charge is 0.246 e. The molecule has 3 heteroatoms. The Labute approximate surface area is 132 Å². The van der Waals surface area contributed by atoms with Gasteiger partial charge in [0.25, 0.3) is 0 Å². The summed E-state index contributed by atoms with van der Waals surface area (Å²) in [5.74, 6) is 0.339. The second kappa shape index (κ2) is 7.12. The van der Waals surface area contributed by atoms with Crippen molar-refractivity contribution >= 4 is 17.3 Å². The number of rotatable bonds is 5. The van der Waals surface area contributed by atoms with Gasteiger partial charge in [-0.3, -0.25) is 4.79 Å². The Morgan fingerprint density at radius 1 is 1.00 bits per heavy atom. The van der Waals surface area contributed by atoms with Crippen LogP contribution < -0.4 is 10.6 Å². The molecule has 0 saturated carbocycles. The summed E-state index contributed by atoms with van der Waals surface area (Å²) in [6.45, 7) is 8.16. The molecule has 2 aromatic carbocycles. The molecule has 0 aliphatic carbocycles. The van der Waals surface area contributed by atoms with E-state index in [-0.39, 0.29) is 11.9 Å². The third-order valence-electron chi connectivity index (χ3n) is 3.64. The average molecular weight is 296 g/mol. The zero-order chi connectivity index (χ0) is 16.1. The van der Waals surface area contributed by atoms with Gasteiger partial charge in [-0.25, -0.2) is 0 Å². The van der Waals surface area contributed by atoms with Gasteiger partial charge in [0.2, 0.25) is 5.91 Å². The number of benzene rings is 2. The standard InChI is InChI=1S/C19H24N2O/c1-13(2)17-10-5-6-11-18(17)21-19(22)15(4)20-16-9-7-8-14(3)12-16/h5-13,15,20H,1-4H3,(H,21,22)/t15-/m1/s1. The van der Waals surface area contributed by atoms with Crippen LogP contribution in [-0.2, 0) is 4.79 Å². The number of carbonyl (C=O) groups is 1. The molecular formula is C19H24N2O. The quantitative estimate of drug-likeness (QED) is 0.849. The van der Waals surface area contributed by atoms with Crippen molar-refractivity contribution in [2.45, 2.75) is 39.7 Å². The van der Waals surface area contributed by atoms with Crippen molar-refractivity contribution in [1.82, 2.24) is 0 Å². The van der Waals surface area contributed by atoms with E-state index in [1.165, 1.54) is 5.56 Å². The minimum Gasteiger partial charge on any atom is -0.374 e. The van der Waals surface area contributed by atoms with E-state index in [9.17, 15) is 4.79 Å². The molecule has 0 aliphatic heterocycles. The van der Waals surface area contributed by atoms with E-state index >= 15 is 0 Å². The molecule has 116 valence electrons. The van der Waals surface area contributed by atoms with Crippen molar-refractivity contribution < 1.29 is 4.79 Å². The molecule has 0 radical (unpaired) electrons. The van der Waals surface area contributed by atoms with Crippen molar-refractivity contribution in [2.75, 3.05) is 10.6 Å². The highest BCUT2D eigenvalue weighted by Crippen LogP contribution is 2.24. The van der Waals surface area contributed by atoms with Crippen molar-refractivity contribution in [3.63, 3.8) is 0 Å². The number of aryl methyl sites for hydroxylation is 1. The largest absolute Gasteiger partial charge is 0.374 e. The molecule has 0 saturated heterocycles. The van der Waals surface area contributed by atoms with Crippen LogP contribution in [0.5, 0.6) is 0 Å². The molecule has 2 aromatic rings. The number of carbonyl (C=O) groups excluding carboxylic acids is 1. The van der Waals surface area contributed by atoms with Gasteiger partial charge in [0.15, 0.2) is 0 Å². The minimum atomic E-state index is -0.304. The molecule has 2 rings (SSSR count). The van der Waals surface area contributed by atoms with Gasteiger partial charge in [0.1, 0.15) is 6.04 Å². The monoisotopic (exact) mass is 296 g/mol. The number of hydrogen-bond acceptors (Lipinski definition) is 2. The number of hydrogen-bond donors (Lipinski definition) is 2. The zero-order valence-corrected chi connectivity index (χ0v) is 13.7. The highest BCUT2D eigenvalue weighted by molar-refractivity contribution is 5.96. The van der Waals surface area contributed by atoms with Crippen molar-refractivity contribution in [1.29, 1.82) is 0 Å². The van der Waals surface area contributed by atoms with Crippen LogP contribution in [0.15, 0.2) is 48.5 Å². The lowest BCUT2D eigenvalue weighted by Crippen LogP contribution is -2.32. The fourth-order valence-corrected chi connectivity index (χ4v) is 2.41. The lowest BCUT2D eigenvalue weighted by Gasteiger charge is -2.18. The molecule has 3 nitrogen and oxygen atoms in total. The van der Waals surface area contributed by atoms with E-state index in [0.717, 1.165) is 16.9 Å². The predicted molar refractivity (Wildman–Crippen MR) is 93.4 cm³/mol. The Morgan fingerprint density at radius 2 is 1.73 bits per heavy atom. The summed E-state index contributed by atoms with van der Waals surface area (Å²) in [5.41, 5.74) is 4.17. The van der Waals surface area contributed by atoms with Gasteiger partial charge in [-0.05, 0) is 49.1 Å². The van der Waals surface area contributed by atoms with Crippen molar-refractivity contribution in [3.05, 3.63) is 59.7 Å². The topological polar surface area (TPSA) is 41.1 Å². The zero-order valence-electron chi connectivity index (χ0n) is 13.7. The molecule has 0 bridgehead atoms. The summed E-state index contributed by atoms with van der Waals surface area (Å²) in [6, 6.07) is 15.7. The summed E-state index contributed by atoms with van der Waals surface area (Å²) in [7, 11) is 0. The summed E-state index contributed by atoms with van der Waals surface area (Å²) in [6.07, 6.45) is 0. The Kier molecular flexibility index (Phi) is 5.21. The van der Waals surface area contributed by atoms with Gasteiger partial charge in [0.05, 0.1) is 0 Å². The first-order chi connectivity index (χ1) is 10.5. The Balaban J connectivity index is 2.06. The molecule has 2 N–H and O–H groups in total. The van der Waals surface area contributed by atoms with Crippen LogP contribution in [0.3, 0.4) is 0 Å². The molecule has 0 aliphatic rings. The van der Waals surface area contributed by atoms with Crippen molar-refractivity contribution in [3.8, 4) is 0 Å². The maximum absolute atomic E-state index is 12.4. The van der Waals surface area contributed by atoms with Crippen LogP contribution in [0.4, 0.5) is 11.4 Å². The Morgan fingerprint density at radius 3 is 2.41 bits per heavy atom. The second-order valence-corrected chi connectivity index (χ2v) is 5.97. The van der Waals surface area contributed by atoms with Crippen LogP contribution in [0.1, 0.15) is 37.8 Å². The van der Waals surface area contributed by atoms with Crippen LogP contribution in [0, 0.1) is 6.92 Å². The van der Waals surface area contributed by atoms with E-state index in [0.29, 0.717) is 5.92 Å². The number of nitrogens with one attached hydrogen (secondary N) is 2.